The maximum Gasteiger partial charge on any atom is 0.224 e. The Kier molecular flexibility index (Phi) is 5.98. The molecule has 1 N–H and O–H groups in total. The Morgan fingerprint density at radius 2 is 2.00 bits per heavy atom. The molecule has 0 radical (unpaired) electrons. The number of amides is 1. The van der Waals surface area contributed by atoms with Gasteiger partial charge in [-0.15, -0.1) is 11.3 Å². The summed E-state index contributed by atoms with van der Waals surface area (Å²) in [6.45, 7) is 0.738. The Morgan fingerprint density at radius 1 is 1.16 bits per heavy atom. The lowest BCUT2D eigenvalue weighted by Crippen LogP contribution is -2.27. The molecular weight excluding hydrogens is 274 g/mol. The third kappa shape index (κ3) is 5.49. The fraction of sp³-hybridized carbons (Fsp3) is 0.267. The van der Waals surface area contributed by atoms with Crippen molar-refractivity contribution in [2.24, 2.45) is 0 Å². The molecule has 0 bridgehead atoms. The number of thioether (sulfide) groups is 1. The molecule has 1 heterocycles. The van der Waals surface area contributed by atoms with E-state index < -0.39 is 0 Å². The first-order chi connectivity index (χ1) is 9.34. The topological polar surface area (TPSA) is 29.1 Å². The SMILES string of the molecule is O=C(Cc1ccccc1)NCCSCc1cccs1. The molecule has 0 aliphatic rings. The molecular formula is C15H17NOS2. The smallest absolute Gasteiger partial charge is 0.224 e. The van der Waals surface area contributed by atoms with Gasteiger partial charge < -0.3 is 5.32 Å². The van der Waals surface area contributed by atoms with Crippen LogP contribution in [0.5, 0.6) is 0 Å². The number of hydrogen-bond donors (Lipinski definition) is 1. The van der Waals surface area contributed by atoms with E-state index in [0.717, 1.165) is 23.6 Å². The average molecular weight is 291 g/mol. The van der Waals surface area contributed by atoms with Crippen LogP contribution in [-0.4, -0.2) is 18.2 Å². The van der Waals surface area contributed by atoms with E-state index in [9.17, 15) is 4.79 Å². The van der Waals surface area contributed by atoms with Crippen LogP contribution in [0, 0.1) is 0 Å². The molecule has 100 valence electrons. The molecule has 0 saturated carbocycles. The number of rotatable bonds is 7. The molecule has 0 aliphatic heterocycles. The predicted molar refractivity (Wildman–Crippen MR) is 83.6 cm³/mol. The minimum atomic E-state index is 0.0999. The van der Waals surface area contributed by atoms with E-state index in [-0.39, 0.29) is 5.91 Å². The zero-order chi connectivity index (χ0) is 13.3. The average Bonchev–Trinajstić information content (AvgIpc) is 2.92. The lowest BCUT2D eigenvalue weighted by atomic mass is 10.1. The normalized spacial score (nSPS) is 10.3. The van der Waals surface area contributed by atoms with Crippen LogP contribution < -0.4 is 5.32 Å². The van der Waals surface area contributed by atoms with E-state index >= 15 is 0 Å². The van der Waals surface area contributed by atoms with Crippen molar-refractivity contribution in [1.29, 1.82) is 0 Å². The van der Waals surface area contributed by atoms with Crippen molar-refractivity contribution in [2.45, 2.75) is 12.2 Å². The second-order valence-corrected chi connectivity index (χ2v) is 6.28. The number of hydrogen-bond acceptors (Lipinski definition) is 3. The Balaban J connectivity index is 1.57. The molecule has 2 nitrogen and oxygen atoms in total. The summed E-state index contributed by atoms with van der Waals surface area (Å²) >= 11 is 3.64. The molecule has 0 unspecified atom stereocenters. The van der Waals surface area contributed by atoms with Gasteiger partial charge >= 0.3 is 0 Å². The Morgan fingerprint density at radius 3 is 2.74 bits per heavy atom. The number of nitrogens with one attached hydrogen (secondary N) is 1. The van der Waals surface area contributed by atoms with E-state index in [1.807, 2.05) is 42.1 Å². The summed E-state index contributed by atoms with van der Waals surface area (Å²) in [4.78, 5) is 13.1. The monoisotopic (exact) mass is 291 g/mol. The quantitative estimate of drug-likeness (QED) is 0.793. The van der Waals surface area contributed by atoms with Gasteiger partial charge in [-0.3, -0.25) is 4.79 Å². The summed E-state index contributed by atoms with van der Waals surface area (Å²) in [5, 5.41) is 5.05. The molecule has 0 aliphatic carbocycles. The highest BCUT2D eigenvalue weighted by molar-refractivity contribution is 7.98. The van der Waals surface area contributed by atoms with Gasteiger partial charge in [0.05, 0.1) is 6.42 Å². The molecule has 0 fully saturated rings. The van der Waals surface area contributed by atoms with E-state index in [4.69, 9.17) is 0 Å². The molecule has 19 heavy (non-hydrogen) atoms. The Labute approximate surface area is 122 Å². The maximum absolute atomic E-state index is 11.7. The third-order valence-corrected chi connectivity index (χ3v) is 4.67. The minimum absolute atomic E-state index is 0.0999. The second kappa shape index (κ2) is 8.02. The van der Waals surface area contributed by atoms with Crippen molar-refractivity contribution in [3.8, 4) is 0 Å². The van der Waals surface area contributed by atoms with Crippen LogP contribution >= 0.6 is 23.1 Å². The molecule has 1 aromatic heterocycles. The largest absolute Gasteiger partial charge is 0.355 e. The summed E-state index contributed by atoms with van der Waals surface area (Å²) < 4.78 is 0. The van der Waals surface area contributed by atoms with Gasteiger partial charge in [0.25, 0.3) is 0 Å². The van der Waals surface area contributed by atoms with Crippen LogP contribution in [-0.2, 0) is 17.0 Å². The molecule has 1 aromatic carbocycles. The molecule has 0 atom stereocenters. The van der Waals surface area contributed by atoms with Crippen LogP contribution in [0.1, 0.15) is 10.4 Å². The number of thiophene rings is 1. The van der Waals surface area contributed by atoms with Crippen molar-refractivity contribution in [2.75, 3.05) is 12.3 Å². The van der Waals surface area contributed by atoms with Crippen LogP contribution in [0.3, 0.4) is 0 Å². The van der Waals surface area contributed by atoms with E-state index in [0.29, 0.717) is 6.42 Å². The maximum atomic E-state index is 11.7. The summed E-state index contributed by atoms with van der Waals surface area (Å²) in [6.07, 6.45) is 0.469. The van der Waals surface area contributed by atoms with Crippen LogP contribution in [0.4, 0.5) is 0 Å². The zero-order valence-electron chi connectivity index (χ0n) is 10.7. The van der Waals surface area contributed by atoms with Gasteiger partial charge in [0.2, 0.25) is 5.91 Å². The van der Waals surface area contributed by atoms with E-state index in [1.165, 1.54) is 4.88 Å². The summed E-state index contributed by atoms with van der Waals surface area (Å²) in [5.74, 6) is 2.09. The van der Waals surface area contributed by atoms with Gasteiger partial charge in [0.1, 0.15) is 0 Å². The minimum Gasteiger partial charge on any atom is -0.355 e. The van der Waals surface area contributed by atoms with Gasteiger partial charge in [-0.1, -0.05) is 36.4 Å². The molecule has 4 heteroatoms. The van der Waals surface area contributed by atoms with Gasteiger partial charge in [-0.2, -0.15) is 11.8 Å². The first-order valence-corrected chi connectivity index (χ1v) is 8.29. The van der Waals surface area contributed by atoms with Crippen LogP contribution in [0.2, 0.25) is 0 Å². The fourth-order valence-electron chi connectivity index (χ4n) is 1.67. The van der Waals surface area contributed by atoms with Crippen LogP contribution in [0.15, 0.2) is 47.8 Å². The highest BCUT2D eigenvalue weighted by Gasteiger charge is 2.02. The van der Waals surface area contributed by atoms with E-state index in [2.05, 4.69) is 22.8 Å². The highest BCUT2D eigenvalue weighted by Crippen LogP contribution is 2.16. The lowest BCUT2D eigenvalue weighted by molar-refractivity contribution is -0.120. The first-order valence-electron chi connectivity index (χ1n) is 6.25. The highest BCUT2D eigenvalue weighted by atomic mass is 32.2. The second-order valence-electron chi connectivity index (χ2n) is 4.14. The number of carbonyl (C=O) groups is 1. The van der Waals surface area contributed by atoms with Crippen molar-refractivity contribution >= 4 is 29.0 Å². The van der Waals surface area contributed by atoms with Gasteiger partial charge in [0.15, 0.2) is 0 Å². The lowest BCUT2D eigenvalue weighted by Gasteiger charge is -2.05. The zero-order valence-corrected chi connectivity index (χ0v) is 12.3. The third-order valence-electron chi connectivity index (χ3n) is 2.60. The molecule has 2 rings (SSSR count). The summed E-state index contributed by atoms with van der Waals surface area (Å²) in [5.41, 5.74) is 1.06. The molecule has 0 saturated heterocycles. The van der Waals surface area contributed by atoms with Gasteiger partial charge in [-0.05, 0) is 17.0 Å². The van der Waals surface area contributed by atoms with Gasteiger partial charge in [0, 0.05) is 22.9 Å². The Hall–Kier alpha value is -1.26. The number of carbonyl (C=O) groups excluding carboxylic acids is 1. The molecule has 1 amide bonds. The van der Waals surface area contributed by atoms with E-state index in [1.54, 1.807) is 11.3 Å². The Bertz CT molecular complexity index is 482. The van der Waals surface area contributed by atoms with Crippen molar-refractivity contribution < 1.29 is 4.79 Å². The van der Waals surface area contributed by atoms with Crippen molar-refractivity contribution in [3.05, 3.63) is 58.3 Å². The van der Waals surface area contributed by atoms with Crippen molar-refractivity contribution in [1.82, 2.24) is 5.32 Å². The summed E-state index contributed by atoms with van der Waals surface area (Å²) in [7, 11) is 0. The number of benzene rings is 1. The first kappa shape index (κ1) is 14.2. The molecule has 2 aromatic rings. The predicted octanol–water partition coefficient (Wildman–Crippen LogP) is 3.34. The van der Waals surface area contributed by atoms with Crippen molar-refractivity contribution in [3.63, 3.8) is 0 Å². The van der Waals surface area contributed by atoms with Crippen LogP contribution in [0.25, 0.3) is 0 Å². The summed E-state index contributed by atoms with van der Waals surface area (Å²) in [6, 6.07) is 14.0. The standard InChI is InChI=1S/C15H17NOS2/c17-15(11-13-5-2-1-3-6-13)16-8-10-18-12-14-7-4-9-19-14/h1-7,9H,8,10-12H2,(H,16,17). The van der Waals surface area contributed by atoms with Gasteiger partial charge in [-0.25, -0.2) is 0 Å². The molecule has 0 spiro atoms. The fourth-order valence-corrected chi connectivity index (χ4v) is 3.37.